The van der Waals surface area contributed by atoms with Gasteiger partial charge in [0, 0.05) is 52.4 Å². The molecule has 0 aromatic carbocycles. The quantitative estimate of drug-likeness (QED) is 0.0860. The minimum absolute atomic E-state index is 0.136. The lowest BCUT2D eigenvalue weighted by molar-refractivity contribution is -0.0276. The number of rotatable bonds is 22. The lowest BCUT2D eigenvalue weighted by Gasteiger charge is -2.39. The highest BCUT2D eigenvalue weighted by molar-refractivity contribution is 7.88. The van der Waals surface area contributed by atoms with Crippen LogP contribution in [0.15, 0.2) is 0 Å². The molecule has 4 N–H and O–H groups in total. The van der Waals surface area contributed by atoms with E-state index in [9.17, 15) is 51.9 Å². The van der Waals surface area contributed by atoms with Gasteiger partial charge in [0.15, 0.2) is 20.4 Å². The lowest BCUT2D eigenvalue weighted by atomic mass is 10.3. The van der Waals surface area contributed by atoms with Crippen LogP contribution in [-0.4, -0.2) is 200 Å². The molecule has 21 nitrogen and oxygen atoms in total. The zero-order chi connectivity index (χ0) is 43.3. The largest absolute Gasteiger partial charge is 0.367 e. The molecule has 0 saturated carbocycles. The summed E-state index contributed by atoms with van der Waals surface area (Å²) in [5, 5.41) is -1.92. The summed E-state index contributed by atoms with van der Waals surface area (Å²) in [5.74, 6) is 0. The van der Waals surface area contributed by atoms with E-state index in [4.69, 9.17) is 53.6 Å². The van der Waals surface area contributed by atoms with Gasteiger partial charge in [0.05, 0.1) is 38.4 Å². The van der Waals surface area contributed by atoms with Crippen LogP contribution in [0.2, 0.25) is 0 Å². The minimum atomic E-state index is -5.28. The Hall–Kier alpha value is -1.64. The van der Waals surface area contributed by atoms with Crippen LogP contribution in [0.3, 0.4) is 0 Å². The first-order chi connectivity index (χ1) is 25.1. The van der Waals surface area contributed by atoms with Crippen molar-refractivity contribution in [1.82, 2.24) is 36.8 Å². The summed E-state index contributed by atoms with van der Waals surface area (Å²) in [6.45, 7) is 9.87. The van der Waals surface area contributed by atoms with Crippen molar-refractivity contribution in [2.45, 2.75) is 67.6 Å². The molecular formula is C26H54N8O13S8. The number of thiocarbonyl (C=S) groups is 4. The van der Waals surface area contributed by atoms with Crippen molar-refractivity contribution < 1.29 is 56.6 Å². The number of ether oxygens (including phenoxy) is 1. The normalized spacial score (nSPS) is 12.3. The molecule has 0 aliphatic rings. The predicted octanol–water partition coefficient (Wildman–Crippen LogP) is 0.666. The highest BCUT2D eigenvalue weighted by Crippen LogP contribution is 2.19. The molecule has 0 atom stereocenters. The Morgan fingerprint density at radius 3 is 0.655 bits per heavy atom. The number of hydrogen-bond donors (Lipinski definition) is 4. The van der Waals surface area contributed by atoms with E-state index in [2.05, 4.69) is 0 Å². The van der Waals surface area contributed by atoms with Gasteiger partial charge in [0.1, 0.15) is 0 Å². The van der Waals surface area contributed by atoms with Gasteiger partial charge in [-0.25, -0.2) is 17.2 Å². The highest BCUT2D eigenvalue weighted by Gasteiger charge is 2.39. The molecule has 0 saturated heterocycles. The Kier molecular flexibility index (Phi) is 22.4. The standard InChI is InChI=1S/C26H54N8O13S8/c1-9-27(10-2)23(48)31(52(35,36)37)17-21(18-32(53(38,39)40)24(49)28(11-3)12-4)47-22(19-33(54(41,42)43)25(50)29(13-5)14-6)20-34(55(44,45)46)26(51)30(15-7)16-8/h21-22H,9-20H2,1-8H3,(H,35,36,37)(H,38,39,40)(H,41,42,43)(H,44,45,46). The van der Waals surface area contributed by atoms with Gasteiger partial charge in [0.2, 0.25) is 0 Å². The first-order valence-electron chi connectivity index (χ1n) is 17.0. The van der Waals surface area contributed by atoms with Crippen LogP contribution in [0.5, 0.6) is 0 Å². The average molecular weight is 943 g/mol. The van der Waals surface area contributed by atoms with Crippen LogP contribution in [0.4, 0.5) is 0 Å². The predicted molar refractivity (Wildman–Crippen MR) is 224 cm³/mol. The zero-order valence-corrected chi connectivity index (χ0v) is 38.5. The third-order valence-corrected chi connectivity index (χ3v) is 13.9. The Balaban J connectivity index is 8.06. The van der Waals surface area contributed by atoms with Crippen molar-refractivity contribution in [3.05, 3.63) is 0 Å². The first kappa shape index (κ1) is 53.4. The molecule has 324 valence electrons. The molecule has 0 aromatic heterocycles. The fourth-order valence-corrected chi connectivity index (χ4v) is 10.1. The van der Waals surface area contributed by atoms with Gasteiger partial charge >= 0.3 is 41.2 Å². The number of hydrogen-bond acceptors (Lipinski definition) is 13. The molecule has 0 aromatic rings. The van der Waals surface area contributed by atoms with E-state index in [1.807, 2.05) is 0 Å². The minimum Gasteiger partial charge on any atom is -0.367 e. The summed E-state index contributed by atoms with van der Waals surface area (Å²) in [7, 11) is -21.1. The van der Waals surface area contributed by atoms with Crippen molar-refractivity contribution in [2.75, 3.05) is 78.5 Å². The first-order valence-corrected chi connectivity index (χ1v) is 24.2. The van der Waals surface area contributed by atoms with Gasteiger partial charge in [-0.1, -0.05) is 0 Å². The molecule has 29 heteroatoms. The third kappa shape index (κ3) is 16.3. The molecule has 0 unspecified atom stereocenters. The third-order valence-electron chi connectivity index (χ3n) is 7.97. The van der Waals surface area contributed by atoms with Crippen molar-refractivity contribution in [3.63, 3.8) is 0 Å². The van der Waals surface area contributed by atoms with E-state index in [-0.39, 0.29) is 69.6 Å². The summed E-state index contributed by atoms with van der Waals surface area (Å²) in [4.78, 5) is 5.35. The van der Waals surface area contributed by atoms with Crippen LogP contribution >= 0.6 is 48.9 Å². The van der Waals surface area contributed by atoms with E-state index in [1.54, 1.807) is 55.4 Å². The molecule has 55 heavy (non-hydrogen) atoms. The van der Waals surface area contributed by atoms with E-state index < -0.39 is 100 Å². The monoisotopic (exact) mass is 942 g/mol. The maximum atomic E-state index is 12.8. The average Bonchev–Trinajstić information content (AvgIpc) is 3.06. The van der Waals surface area contributed by atoms with Gasteiger partial charge in [-0.05, 0) is 104 Å². The molecule has 0 rings (SSSR count). The van der Waals surface area contributed by atoms with Crippen molar-refractivity contribution in [2.24, 2.45) is 0 Å². The highest BCUT2D eigenvalue weighted by atomic mass is 32.2. The molecule has 0 aliphatic carbocycles. The summed E-state index contributed by atoms with van der Waals surface area (Å²) in [5.41, 5.74) is 0. The Bertz CT molecular complexity index is 1490. The topological polar surface area (TPSA) is 253 Å². The Morgan fingerprint density at radius 1 is 0.400 bits per heavy atom. The van der Waals surface area contributed by atoms with Crippen LogP contribution in [0, 0.1) is 0 Å². The maximum Gasteiger partial charge on any atom is 0.361 e. The van der Waals surface area contributed by atoms with Crippen molar-refractivity contribution >= 4 is 111 Å². The molecule has 0 heterocycles. The van der Waals surface area contributed by atoms with Gasteiger partial charge in [-0.15, -0.1) is 0 Å². The van der Waals surface area contributed by atoms with Crippen LogP contribution in [0.1, 0.15) is 55.4 Å². The van der Waals surface area contributed by atoms with Gasteiger partial charge < -0.3 is 24.3 Å². The van der Waals surface area contributed by atoms with Crippen LogP contribution in [-0.2, 0) is 46.0 Å². The summed E-state index contributed by atoms with van der Waals surface area (Å²) < 4.78 is 151. The molecule has 0 bridgehead atoms. The molecule has 0 aliphatic heterocycles. The second kappa shape index (κ2) is 23.1. The summed E-state index contributed by atoms with van der Waals surface area (Å²) >= 11 is 21.5. The fourth-order valence-electron chi connectivity index (χ4n) is 4.99. The van der Waals surface area contributed by atoms with Crippen molar-refractivity contribution in [1.29, 1.82) is 0 Å². The SMILES string of the molecule is CCN(CC)C(=S)N(CC(CN(C(=S)N(CC)CC)S(=O)(=O)O)OC(CN(C(=S)N(CC)CC)S(=O)(=O)O)CN(C(=S)N(CC)CC)S(=O)(=O)O)S(=O)(=O)O. The molecular weight excluding hydrogens is 889 g/mol. The van der Waals surface area contributed by atoms with Gasteiger partial charge in [-0.2, -0.15) is 33.7 Å². The maximum absolute atomic E-state index is 12.8. The molecule has 0 radical (unpaired) electrons. The molecule has 0 amide bonds. The molecule has 0 fully saturated rings. The van der Waals surface area contributed by atoms with E-state index in [0.717, 1.165) is 0 Å². The summed E-state index contributed by atoms with van der Waals surface area (Å²) in [6, 6.07) is 0. The fraction of sp³-hybridized carbons (Fsp3) is 0.846. The lowest BCUT2D eigenvalue weighted by Crippen LogP contribution is -2.57. The van der Waals surface area contributed by atoms with Crippen LogP contribution in [0.25, 0.3) is 0 Å². The van der Waals surface area contributed by atoms with Crippen molar-refractivity contribution in [3.8, 4) is 0 Å². The van der Waals surface area contributed by atoms with Gasteiger partial charge in [0.25, 0.3) is 0 Å². The Morgan fingerprint density at radius 2 is 0.545 bits per heavy atom. The van der Waals surface area contributed by atoms with Gasteiger partial charge in [-0.3, -0.25) is 18.2 Å². The van der Waals surface area contributed by atoms with Crippen LogP contribution < -0.4 is 0 Å². The Labute approximate surface area is 348 Å². The summed E-state index contributed by atoms with van der Waals surface area (Å²) in [6.07, 6.45) is -3.82. The zero-order valence-electron chi connectivity index (χ0n) is 31.9. The number of nitrogens with zero attached hydrogens (tertiary/aromatic N) is 8. The van der Waals surface area contributed by atoms with E-state index in [0.29, 0.717) is 0 Å². The second-order valence-corrected chi connectivity index (χ2v) is 18.0. The van der Waals surface area contributed by atoms with E-state index in [1.165, 1.54) is 19.6 Å². The second-order valence-electron chi connectivity index (χ2n) is 11.2. The smallest absolute Gasteiger partial charge is 0.361 e. The molecule has 0 spiro atoms. The van der Waals surface area contributed by atoms with E-state index >= 15 is 0 Å².